The van der Waals surface area contributed by atoms with Crippen LogP contribution in [0.2, 0.25) is 0 Å². The second kappa shape index (κ2) is 3.10. The Labute approximate surface area is 67.9 Å². The molecule has 0 amide bonds. The number of hydrogen-bond donors (Lipinski definition) is 0. The summed E-state index contributed by atoms with van der Waals surface area (Å²) >= 11 is 2.28. The summed E-state index contributed by atoms with van der Waals surface area (Å²) in [7, 11) is 0. The molecule has 0 aliphatic heterocycles. The highest BCUT2D eigenvalue weighted by Crippen LogP contribution is 2.03. The summed E-state index contributed by atoms with van der Waals surface area (Å²) in [5.74, 6) is 0. The van der Waals surface area contributed by atoms with Gasteiger partial charge in [0.05, 0.1) is 11.4 Å². The third kappa shape index (κ3) is 1.61. The lowest BCUT2D eigenvalue weighted by atomic mass is 10.4. The molecule has 0 fully saturated rings. The Morgan fingerprint density at radius 1 is 1.44 bits per heavy atom. The van der Waals surface area contributed by atoms with Gasteiger partial charge < -0.3 is 0 Å². The van der Waals surface area contributed by atoms with E-state index in [1.807, 2.05) is 6.92 Å². The summed E-state index contributed by atoms with van der Waals surface area (Å²) in [6.07, 6.45) is 3.44. The fraction of sp³-hybridized carbons (Fsp3) is 0.333. The molecule has 1 aromatic rings. The Kier molecular flexibility index (Phi) is 2.38. The lowest BCUT2D eigenvalue weighted by Gasteiger charge is -1.95. The van der Waals surface area contributed by atoms with Gasteiger partial charge in [0.15, 0.2) is 0 Å². The van der Waals surface area contributed by atoms with Crippen LogP contribution in [0.4, 0.5) is 0 Å². The number of aromatic nitrogens is 2. The third-order valence-corrected chi connectivity index (χ3v) is 1.83. The van der Waals surface area contributed by atoms with Crippen LogP contribution in [0, 0.1) is 6.92 Å². The smallest absolute Gasteiger partial charge is 0.0713 e. The normalized spacial score (nSPS) is 9.56. The maximum absolute atomic E-state index is 4.13. The molecule has 0 aromatic carbocycles. The summed E-state index contributed by atoms with van der Waals surface area (Å²) in [6.45, 7) is 1.97. The molecule has 0 unspecified atom stereocenters. The summed E-state index contributed by atoms with van der Waals surface area (Å²) in [6, 6.07) is 0. The first-order valence-electron chi connectivity index (χ1n) is 2.67. The van der Waals surface area contributed by atoms with Crippen LogP contribution in [0.5, 0.6) is 0 Å². The molecule has 0 aliphatic rings. The number of alkyl halides is 1. The Bertz CT molecular complexity index is 200. The molecule has 1 heterocycles. The van der Waals surface area contributed by atoms with Gasteiger partial charge in [-0.05, 0) is 6.92 Å². The van der Waals surface area contributed by atoms with Gasteiger partial charge in [0.2, 0.25) is 0 Å². The average Bonchev–Trinajstić information content (AvgIpc) is 1.89. The quantitative estimate of drug-likeness (QED) is 0.546. The highest BCUT2D eigenvalue weighted by atomic mass is 127. The van der Waals surface area contributed by atoms with E-state index in [9.17, 15) is 0 Å². The van der Waals surface area contributed by atoms with E-state index in [0.29, 0.717) is 0 Å². The van der Waals surface area contributed by atoms with Gasteiger partial charge in [0, 0.05) is 16.8 Å². The highest BCUT2D eigenvalue weighted by Gasteiger charge is 1.94. The summed E-state index contributed by atoms with van der Waals surface area (Å²) < 4.78 is 0.942. The van der Waals surface area contributed by atoms with Crippen LogP contribution < -0.4 is 0 Å². The molecule has 1 rings (SSSR count). The molecule has 48 valence electrons. The van der Waals surface area contributed by atoms with Gasteiger partial charge in [-0.1, -0.05) is 22.6 Å². The Balaban J connectivity index is 3.01. The first-order chi connectivity index (χ1) is 4.34. The number of aryl methyl sites for hydroxylation is 1. The molecule has 3 heteroatoms. The predicted molar refractivity (Wildman–Crippen MR) is 44.5 cm³/mol. The van der Waals surface area contributed by atoms with Crippen molar-refractivity contribution < 1.29 is 0 Å². The van der Waals surface area contributed by atoms with Gasteiger partial charge in [0.1, 0.15) is 0 Å². The van der Waals surface area contributed by atoms with E-state index < -0.39 is 0 Å². The Morgan fingerprint density at radius 3 is 2.56 bits per heavy atom. The zero-order chi connectivity index (χ0) is 6.69. The van der Waals surface area contributed by atoms with Crippen LogP contribution in [-0.2, 0) is 4.43 Å². The largest absolute Gasteiger partial charge is 0.258 e. The molecule has 9 heavy (non-hydrogen) atoms. The Morgan fingerprint density at radius 2 is 2.11 bits per heavy atom. The minimum Gasteiger partial charge on any atom is -0.258 e. The second-order valence-corrected chi connectivity index (χ2v) is 2.48. The lowest BCUT2D eigenvalue weighted by molar-refractivity contribution is 1.04. The minimum atomic E-state index is 0.942. The fourth-order valence-corrected chi connectivity index (χ4v) is 1.32. The van der Waals surface area contributed by atoms with E-state index in [1.54, 1.807) is 12.4 Å². The van der Waals surface area contributed by atoms with E-state index in [4.69, 9.17) is 0 Å². The van der Waals surface area contributed by atoms with E-state index in [1.165, 1.54) is 0 Å². The lowest BCUT2D eigenvalue weighted by Crippen LogP contribution is -1.90. The first kappa shape index (κ1) is 6.92. The van der Waals surface area contributed by atoms with Crippen molar-refractivity contribution in [3.63, 3.8) is 0 Å². The van der Waals surface area contributed by atoms with E-state index in [-0.39, 0.29) is 0 Å². The van der Waals surface area contributed by atoms with Crippen LogP contribution in [-0.4, -0.2) is 9.97 Å². The summed E-state index contributed by atoms with van der Waals surface area (Å²) in [4.78, 5) is 8.21. The second-order valence-electron chi connectivity index (χ2n) is 1.72. The molecule has 0 atom stereocenters. The van der Waals surface area contributed by atoms with Crippen LogP contribution >= 0.6 is 22.6 Å². The van der Waals surface area contributed by atoms with Gasteiger partial charge in [-0.3, -0.25) is 9.97 Å². The topological polar surface area (TPSA) is 25.8 Å². The van der Waals surface area contributed by atoms with Gasteiger partial charge in [0.25, 0.3) is 0 Å². The molecular formula is C6H7IN2. The highest BCUT2D eigenvalue weighted by molar-refractivity contribution is 14.1. The molecule has 1 aromatic heterocycles. The average molecular weight is 234 g/mol. The predicted octanol–water partition coefficient (Wildman–Crippen LogP) is 1.72. The molecule has 0 N–H and O–H groups in total. The fourth-order valence-electron chi connectivity index (χ4n) is 0.568. The van der Waals surface area contributed by atoms with E-state index in [0.717, 1.165) is 15.8 Å². The number of halogens is 1. The van der Waals surface area contributed by atoms with Gasteiger partial charge >= 0.3 is 0 Å². The molecule has 2 nitrogen and oxygen atoms in total. The number of hydrogen-bond acceptors (Lipinski definition) is 2. The van der Waals surface area contributed by atoms with Crippen LogP contribution in [0.25, 0.3) is 0 Å². The molecule has 0 spiro atoms. The zero-order valence-electron chi connectivity index (χ0n) is 5.13. The van der Waals surface area contributed by atoms with Crippen molar-refractivity contribution in [2.45, 2.75) is 11.4 Å². The zero-order valence-corrected chi connectivity index (χ0v) is 7.29. The van der Waals surface area contributed by atoms with E-state index >= 15 is 0 Å². The SMILES string of the molecule is Cc1nccnc1CI. The minimum absolute atomic E-state index is 0.942. The van der Waals surface area contributed by atoms with Crippen molar-refractivity contribution >= 4 is 22.6 Å². The van der Waals surface area contributed by atoms with E-state index in [2.05, 4.69) is 32.6 Å². The van der Waals surface area contributed by atoms with Crippen LogP contribution in [0.1, 0.15) is 11.4 Å². The van der Waals surface area contributed by atoms with Crippen molar-refractivity contribution in [1.29, 1.82) is 0 Å². The molecule has 0 saturated carbocycles. The van der Waals surface area contributed by atoms with Crippen molar-refractivity contribution in [2.75, 3.05) is 0 Å². The van der Waals surface area contributed by atoms with Crippen molar-refractivity contribution in [3.05, 3.63) is 23.8 Å². The molecule has 0 aliphatic carbocycles. The van der Waals surface area contributed by atoms with Gasteiger partial charge in [-0.25, -0.2) is 0 Å². The molecular weight excluding hydrogens is 227 g/mol. The standard InChI is InChI=1S/C6H7IN2/c1-5-6(4-7)9-3-2-8-5/h2-3H,4H2,1H3. The number of nitrogens with zero attached hydrogens (tertiary/aromatic N) is 2. The summed E-state index contributed by atoms with van der Waals surface area (Å²) in [5, 5.41) is 0. The summed E-state index contributed by atoms with van der Waals surface area (Å²) in [5.41, 5.74) is 2.12. The number of rotatable bonds is 1. The van der Waals surface area contributed by atoms with Crippen LogP contribution in [0.15, 0.2) is 12.4 Å². The maximum atomic E-state index is 4.13. The molecule has 0 bridgehead atoms. The Hall–Kier alpha value is -0.190. The third-order valence-electron chi connectivity index (χ3n) is 1.11. The van der Waals surface area contributed by atoms with Crippen molar-refractivity contribution in [1.82, 2.24) is 9.97 Å². The molecule has 0 saturated heterocycles. The first-order valence-corrected chi connectivity index (χ1v) is 4.19. The van der Waals surface area contributed by atoms with Crippen molar-refractivity contribution in [2.24, 2.45) is 0 Å². The van der Waals surface area contributed by atoms with Crippen molar-refractivity contribution in [3.8, 4) is 0 Å². The van der Waals surface area contributed by atoms with Crippen LogP contribution in [0.3, 0.4) is 0 Å². The monoisotopic (exact) mass is 234 g/mol. The van der Waals surface area contributed by atoms with Gasteiger partial charge in [-0.2, -0.15) is 0 Å². The maximum Gasteiger partial charge on any atom is 0.0713 e. The van der Waals surface area contributed by atoms with Gasteiger partial charge in [-0.15, -0.1) is 0 Å². The molecule has 0 radical (unpaired) electrons.